The van der Waals surface area contributed by atoms with Crippen LogP contribution in [0.15, 0.2) is 24.3 Å². The van der Waals surface area contributed by atoms with Crippen LogP contribution in [0.25, 0.3) is 0 Å². The molecule has 3 nitrogen and oxygen atoms in total. The van der Waals surface area contributed by atoms with Crippen LogP contribution in [0.3, 0.4) is 0 Å². The maximum absolute atomic E-state index is 6.10. The van der Waals surface area contributed by atoms with Gasteiger partial charge in [-0.1, -0.05) is 18.2 Å². The van der Waals surface area contributed by atoms with Gasteiger partial charge in [-0.3, -0.25) is 0 Å². The third-order valence-corrected chi connectivity index (χ3v) is 3.84. The summed E-state index contributed by atoms with van der Waals surface area (Å²) >= 11 is 0. The third kappa shape index (κ3) is 3.02. The van der Waals surface area contributed by atoms with Crippen molar-refractivity contribution in [2.75, 3.05) is 0 Å². The molecule has 0 spiro atoms. The van der Waals surface area contributed by atoms with Crippen LogP contribution in [0.2, 0.25) is 0 Å². The van der Waals surface area contributed by atoms with Crippen molar-refractivity contribution in [2.24, 2.45) is 0 Å². The Bertz CT molecular complexity index is 473. The van der Waals surface area contributed by atoms with Crippen LogP contribution in [-0.4, -0.2) is 23.9 Å². The van der Waals surface area contributed by atoms with Gasteiger partial charge in [0.15, 0.2) is 0 Å². The van der Waals surface area contributed by atoms with E-state index in [-0.39, 0.29) is 16.8 Å². The van der Waals surface area contributed by atoms with Gasteiger partial charge in [0, 0.05) is 5.46 Å². The van der Waals surface area contributed by atoms with E-state index < -0.39 is 7.12 Å². The topological polar surface area (TPSA) is 27.7 Å². The van der Waals surface area contributed by atoms with E-state index in [1.165, 1.54) is 0 Å². The van der Waals surface area contributed by atoms with Crippen LogP contribution in [0.1, 0.15) is 48.5 Å². The number of benzene rings is 1. The molecule has 1 saturated heterocycles. The van der Waals surface area contributed by atoms with Crippen molar-refractivity contribution >= 4 is 12.6 Å². The molecule has 0 aliphatic carbocycles. The van der Waals surface area contributed by atoms with Gasteiger partial charge >= 0.3 is 7.12 Å². The standard InChI is InChI=1S/C16H25BO3/c1-14(2,3)18-13-11-9-8-10-12(13)17-19-15(4,5)16(6,7)20-17/h8-11H,1-7H3. The molecule has 1 aromatic rings. The molecule has 20 heavy (non-hydrogen) atoms. The van der Waals surface area contributed by atoms with Crippen molar-refractivity contribution < 1.29 is 14.0 Å². The first kappa shape index (κ1) is 15.4. The molecule has 0 saturated carbocycles. The summed E-state index contributed by atoms with van der Waals surface area (Å²) in [5, 5.41) is 0. The Hall–Kier alpha value is -0.995. The van der Waals surface area contributed by atoms with Crippen LogP contribution in [0.5, 0.6) is 5.75 Å². The molecule has 1 fully saturated rings. The van der Waals surface area contributed by atoms with Gasteiger partial charge in [0.05, 0.1) is 11.2 Å². The zero-order chi connectivity index (χ0) is 15.2. The van der Waals surface area contributed by atoms with E-state index in [1.807, 2.05) is 45.0 Å². The molecular weight excluding hydrogens is 251 g/mol. The molecule has 1 heterocycles. The predicted octanol–water partition coefficient (Wildman–Crippen LogP) is 3.16. The van der Waals surface area contributed by atoms with Crippen molar-refractivity contribution in [2.45, 2.75) is 65.3 Å². The Balaban J connectivity index is 2.31. The zero-order valence-corrected chi connectivity index (χ0v) is 13.6. The normalized spacial score (nSPS) is 21.1. The lowest BCUT2D eigenvalue weighted by Crippen LogP contribution is -2.41. The maximum Gasteiger partial charge on any atom is 0.498 e. The molecular formula is C16H25BO3. The zero-order valence-electron chi connectivity index (χ0n) is 13.6. The Morgan fingerprint density at radius 3 is 1.95 bits per heavy atom. The highest BCUT2D eigenvalue weighted by molar-refractivity contribution is 6.63. The van der Waals surface area contributed by atoms with Crippen molar-refractivity contribution in [3.8, 4) is 5.75 Å². The van der Waals surface area contributed by atoms with Gasteiger partial charge < -0.3 is 14.0 Å². The number of hydrogen-bond acceptors (Lipinski definition) is 3. The summed E-state index contributed by atoms with van der Waals surface area (Å²) in [6.07, 6.45) is 0. The van der Waals surface area contributed by atoms with Gasteiger partial charge in [0.2, 0.25) is 0 Å². The molecule has 1 aliphatic rings. The molecule has 0 atom stereocenters. The van der Waals surface area contributed by atoms with Crippen molar-refractivity contribution in [1.29, 1.82) is 0 Å². The summed E-state index contributed by atoms with van der Waals surface area (Å²) in [5.74, 6) is 0.818. The minimum absolute atomic E-state index is 0.250. The van der Waals surface area contributed by atoms with Crippen LogP contribution >= 0.6 is 0 Å². The molecule has 0 aromatic heterocycles. The highest BCUT2D eigenvalue weighted by Gasteiger charge is 2.52. The fraction of sp³-hybridized carbons (Fsp3) is 0.625. The maximum atomic E-state index is 6.10. The highest BCUT2D eigenvalue weighted by atomic mass is 16.7. The molecule has 2 rings (SSSR count). The first-order valence-corrected chi connectivity index (χ1v) is 7.15. The first-order valence-electron chi connectivity index (χ1n) is 7.15. The summed E-state index contributed by atoms with van der Waals surface area (Å²) < 4.78 is 18.2. The molecule has 4 heteroatoms. The number of hydrogen-bond donors (Lipinski definition) is 0. The van der Waals surface area contributed by atoms with Gasteiger partial charge in [0.25, 0.3) is 0 Å². The highest BCUT2D eigenvalue weighted by Crippen LogP contribution is 2.37. The fourth-order valence-electron chi connectivity index (χ4n) is 2.07. The van der Waals surface area contributed by atoms with Gasteiger partial charge in [-0.05, 0) is 54.5 Å². The second kappa shape index (κ2) is 4.78. The van der Waals surface area contributed by atoms with Crippen molar-refractivity contribution in [1.82, 2.24) is 0 Å². The van der Waals surface area contributed by atoms with E-state index in [1.54, 1.807) is 0 Å². The monoisotopic (exact) mass is 276 g/mol. The molecule has 0 bridgehead atoms. The molecule has 1 aliphatic heterocycles. The first-order chi connectivity index (χ1) is 9.02. The smallest absolute Gasteiger partial charge is 0.489 e. The van der Waals surface area contributed by atoms with Crippen LogP contribution in [0, 0.1) is 0 Å². The second-order valence-corrected chi connectivity index (χ2v) is 7.34. The Kier molecular flexibility index (Phi) is 3.68. The minimum atomic E-state index is -0.390. The lowest BCUT2D eigenvalue weighted by molar-refractivity contribution is 0.00578. The Morgan fingerprint density at radius 1 is 0.950 bits per heavy atom. The van der Waals surface area contributed by atoms with E-state index in [9.17, 15) is 0 Å². The van der Waals surface area contributed by atoms with E-state index in [2.05, 4.69) is 27.7 Å². The second-order valence-electron chi connectivity index (χ2n) is 7.34. The van der Waals surface area contributed by atoms with Gasteiger partial charge in [-0.15, -0.1) is 0 Å². The third-order valence-electron chi connectivity index (χ3n) is 3.84. The molecule has 0 unspecified atom stereocenters. The number of rotatable bonds is 2. The molecule has 0 amide bonds. The van der Waals surface area contributed by atoms with E-state index >= 15 is 0 Å². The van der Waals surface area contributed by atoms with Gasteiger partial charge in [-0.25, -0.2) is 0 Å². The van der Waals surface area contributed by atoms with Crippen LogP contribution < -0.4 is 10.2 Å². The predicted molar refractivity (Wildman–Crippen MR) is 82.5 cm³/mol. The van der Waals surface area contributed by atoms with Crippen molar-refractivity contribution in [3.05, 3.63) is 24.3 Å². The number of ether oxygens (including phenoxy) is 1. The minimum Gasteiger partial charge on any atom is -0.489 e. The number of para-hydroxylation sites is 1. The van der Waals surface area contributed by atoms with E-state index in [0.717, 1.165) is 11.2 Å². The molecule has 110 valence electrons. The SMILES string of the molecule is CC(C)(C)Oc1ccccc1B1OC(C)(C)C(C)(C)O1. The van der Waals surface area contributed by atoms with E-state index in [0.29, 0.717) is 0 Å². The quantitative estimate of drug-likeness (QED) is 0.776. The average Bonchev–Trinajstić information content (AvgIpc) is 2.46. The molecule has 1 aromatic carbocycles. The van der Waals surface area contributed by atoms with Crippen LogP contribution in [0.4, 0.5) is 0 Å². The van der Waals surface area contributed by atoms with Gasteiger partial charge in [0.1, 0.15) is 11.4 Å². The van der Waals surface area contributed by atoms with Gasteiger partial charge in [-0.2, -0.15) is 0 Å². The Labute approximate surface area is 122 Å². The van der Waals surface area contributed by atoms with Crippen LogP contribution in [-0.2, 0) is 9.31 Å². The van der Waals surface area contributed by atoms with E-state index in [4.69, 9.17) is 14.0 Å². The molecule has 0 radical (unpaired) electrons. The fourth-order valence-corrected chi connectivity index (χ4v) is 2.07. The van der Waals surface area contributed by atoms with Crippen molar-refractivity contribution in [3.63, 3.8) is 0 Å². The summed E-state index contributed by atoms with van der Waals surface area (Å²) in [6, 6.07) is 7.92. The summed E-state index contributed by atoms with van der Waals surface area (Å²) in [5.41, 5.74) is 0.0137. The summed E-state index contributed by atoms with van der Waals surface area (Å²) in [4.78, 5) is 0. The lowest BCUT2D eigenvalue weighted by Gasteiger charge is -2.32. The largest absolute Gasteiger partial charge is 0.498 e. The summed E-state index contributed by atoms with van der Waals surface area (Å²) in [6.45, 7) is 14.3. The summed E-state index contributed by atoms with van der Waals surface area (Å²) in [7, 11) is -0.390. The lowest BCUT2D eigenvalue weighted by atomic mass is 9.78. The molecule has 0 N–H and O–H groups in total. The Morgan fingerprint density at radius 2 is 1.45 bits per heavy atom. The average molecular weight is 276 g/mol.